The van der Waals surface area contributed by atoms with Crippen molar-refractivity contribution in [2.45, 2.75) is 18.4 Å². The number of morpholine rings is 1. The van der Waals surface area contributed by atoms with Crippen molar-refractivity contribution in [1.82, 2.24) is 4.90 Å². The van der Waals surface area contributed by atoms with Crippen LogP contribution in [0.3, 0.4) is 0 Å². The molecule has 1 N–H and O–H groups in total. The molecule has 0 aliphatic carbocycles. The van der Waals surface area contributed by atoms with Crippen molar-refractivity contribution in [1.29, 1.82) is 0 Å². The van der Waals surface area contributed by atoms with Crippen LogP contribution in [-0.2, 0) is 10.3 Å². The van der Waals surface area contributed by atoms with Crippen LogP contribution < -0.4 is 0 Å². The van der Waals surface area contributed by atoms with Crippen LogP contribution in [0, 0.1) is 5.82 Å². The summed E-state index contributed by atoms with van der Waals surface area (Å²) in [6, 6.07) is 16.2. The van der Waals surface area contributed by atoms with Crippen LogP contribution in [0.5, 0.6) is 0 Å². The smallest absolute Gasteiger partial charge is 0.123 e. The van der Waals surface area contributed by atoms with Crippen molar-refractivity contribution >= 4 is 0 Å². The molecule has 0 radical (unpaired) electrons. The fraction of sp³-hybridized carbons (Fsp3) is 0.400. The SMILES string of the molecule is C[C@@](O)(c1ccc(F)cc1)[C@@H](CN1CCOCC1)c1ccccc1. The van der Waals surface area contributed by atoms with Gasteiger partial charge in [0.2, 0.25) is 0 Å². The first kappa shape index (κ1) is 17.1. The van der Waals surface area contributed by atoms with Gasteiger partial charge in [-0.15, -0.1) is 0 Å². The minimum absolute atomic E-state index is 0.109. The standard InChI is InChI=1S/C20H24FNO2/c1-20(23,17-7-9-18(21)10-8-17)19(16-5-3-2-4-6-16)15-22-11-13-24-14-12-22/h2-10,19,23H,11-15H2,1H3/t19-,20+/m0/s1. The molecular formula is C20H24FNO2. The molecule has 1 aliphatic rings. The molecule has 0 bridgehead atoms. The molecule has 128 valence electrons. The zero-order valence-electron chi connectivity index (χ0n) is 14.0. The Morgan fingerprint density at radius 3 is 2.33 bits per heavy atom. The third-order valence-electron chi connectivity index (χ3n) is 4.85. The molecule has 1 fully saturated rings. The summed E-state index contributed by atoms with van der Waals surface area (Å²) in [6.45, 7) is 5.72. The molecule has 0 aromatic heterocycles. The summed E-state index contributed by atoms with van der Waals surface area (Å²) in [5.74, 6) is -0.402. The van der Waals surface area contributed by atoms with E-state index in [9.17, 15) is 9.50 Å². The van der Waals surface area contributed by atoms with Crippen LogP contribution in [0.1, 0.15) is 24.0 Å². The maximum Gasteiger partial charge on any atom is 0.123 e. The van der Waals surface area contributed by atoms with Gasteiger partial charge in [0.25, 0.3) is 0 Å². The molecule has 0 saturated carbocycles. The van der Waals surface area contributed by atoms with Crippen molar-refractivity contribution in [3.8, 4) is 0 Å². The molecule has 2 atom stereocenters. The average molecular weight is 329 g/mol. The average Bonchev–Trinajstić information content (AvgIpc) is 2.61. The summed E-state index contributed by atoms with van der Waals surface area (Å²) in [5.41, 5.74) is 0.720. The molecule has 0 spiro atoms. The van der Waals surface area contributed by atoms with E-state index < -0.39 is 5.60 Å². The number of nitrogens with zero attached hydrogens (tertiary/aromatic N) is 1. The summed E-state index contributed by atoms with van der Waals surface area (Å²) in [5, 5.41) is 11.3. The number of aliphatic hydroxyl groups is 1. The number of halogens is 1. The second-order valence-corrected chi connectivity index (χ2v) is 6.53. The Labute approximate surface area is 142 Å². The monoisotopic (exact) mass is 329 g/mol. The highest BCUT2D eigenvalue weighted by molar-refractivity contribution is 5.31. The number of benzene rings is 2. The van der Waals surface area contributed by atoms with E-state index in [1.165, 1.54) is 12.1 Å². The number of rotatable bonds is 5. The zero-order chi connectivity index (χ0) is 17.0. The largest absolute Gasteiger partial charge is 0.385 e. The Morgan fingerprint density at radius 1 is 1.08 bits per heavy atom. The maximum absolute atomic E-state index is 13.3. The third kappa shape index (κ3) is 3.83. The lowest BCUT2D eigenvalue weighted by Crippen LogP contribution is -2.43. The van der Waals surface area contributed by atoms with Crippen LogP contribution in [-0.4, -0.2) is 42.9 Å². The van der Waals surface area contributed by atoms with Gasteiger partial charge in [-0.3, -0.25) is 4.90 Å². The molecule has 3 nitrogen and oxygen atoms in total. The first-order valence-electron chi connectivity index (χ1n) is 8.41. The third-order valence-corrected chi connectivity index (χ3v) is 4.85. The second-order valence-electron chi connectivity index (χ2n) is 6.53. The van der Waals surface area contributed by atoms with Gasteiger partial charge in [0.05, 0.1) is 18.8 Å². The molecule has 2 aromatic carbocycles. The van der Waals surface area contributed by atoms with E-state index >= 15 is 0 Å². The van der Waals surface area contributed by atoms with Gasteiger partial charge in [-0.1, -0.05) is 42.5 Å². The van der Waals surface area contributed by atoms with Gasteiger partial charge in [0.1, 0.15) is 5.82 Å². The minimum Gasteiger partial charge on any atom is -0.385 e. The van der Waals surface area contributed by atoms with Crippen molar-refractivity contribution in [2.75, 3.05) is 32.8 Å². The Bertz CT molecular complexity index is 636. The van der Waals surface area contributed by atoms with Crippen molar-refractivity contribution < 1.29 is 14.2 Å². The molecule has 0 amide bonds. The molecule has 1 aliphatic heterocycles. The minimum atomic E-state index is -1.09. The Kier molecular flexibility index (Phi) is 5.29. The van der Waals surface area contributed by atoms with Crippen LogP contribution >= 0.6 is 0 Å². The lowest BCUT2D eigenvalue weighted by Gasteiger charge is -2.38. The quantitative estimate of drug-likeness (QED) is 0.915. The van der Waals surface area contributed by atoms with Gasteiger partial charge in [0, 0.05) is 25.6 Å². The topological polar surface area (TPSA) is 32.7 Å². The number of hydrogen-bond donors (Lipinski definition) is 1. The van der Waals surface area contributed by atoms with Gasteiger partial charge in [-0.2, -0.15) is 0 Å². The van der Waals surface area contributed by atoms with Gasteiger partial charge >= 0.3 is 0 Å². The van der Waals surface area contributed by atoms with Gasteiger partial charge in [0.15, 0.2) is 0 Å². The van der Waals surface area contributed by atoms with Gasteiger partial charge in [-0.05, 0) is 30.2 Å². The molecule has 0 unspecified atom stereocenters. The number of hydrogen-bond acceptors (Lipinski definition) is 3. The molecule has 1 heterocycles. The van der Waals surface area contributed by atoms with Crippen molar-refractivity contribution in [3.63, 3.8) is 0 Å². The predicted octanol–water partition coefficient (Wildman–Crippen LogP) is 3.15. The summed E-state index contributed by atoms with van der Waals surface area (Å²) < 4.78 is 18.7. The first-order valence-corrected chi connectivity index (χ1v) is 8.41. The van der Waals surface area contributed by atoms with Gasteiger partial charge < -0.3 is 9.84 Å². The Hall–Kier alpha value is -1.75. The van der Waals surface area contributed by atoms with Gasteiger partial charge in [-0.25, -0.2) is 4.39 Å². The van der Waals surface area contributed by atoms with Crippen molar-refractivity contribution in [2.24, 2.45) is 0 Å². The lowest BCUT2D eigenvalue weighted by molar-refractivity contribution is -0.0107. The molecule has 4 heteroatoms. The van der Waals surface area contributed by atoms with E-state index in [0.29, 0.717) is 0 Å². The summed E-state index contributed by atoms with van der Waals surface area (Å²) in [7, 11) is 0. The summed E-state index contributed by atoms with van der Waals surface area (Å²) >= 11 is 0. The molecule has 1 saturated heterocycles. The highest BCUT2D eigenvalue weighted by Gasteiger charge is 2.36. The van der Waals surface area contributed by atoms with E-state index in [1.807, 2.05) is 37.3 Å². The second kappa shape index (κ2) is 7.43. The van der Waals surface area contributed by atoms with Crippen LogP contribution in [0.15, 0.2) is 54.6 Å². The van der Waals surface area contributed by atoms with E-state index in [0.717, 1.165) is 44.0 Å². The highest BCUT2D eigenvalue weighted by Crippen LogP contribution is 2.37. The van der Waals surface area contributed by atoms with E-state index in [-0.39, 0.29) is 11.7 Å². The Balaban J connectivity index is 1.91. The van der Waals surface area contributed by atoms with Crippen LogP contribution in [0.2, 0.25) is 0 Å². The highest BCUT2D eigenvalue weighted by atomic mass is 19.1. The summed E-state index contributed by atoms with van der Waals surface area (Å²) in [4.78, 5) is 2.32. The predicted molar refractivity (Wildman–Crippen MR) is 92.4 cm³/mol. The molecule has 24 heavy (non-hydrogen) atoms. The van der Waals surface area contributed by atoms with Crippen molar-refractivity contribution in [3.05, 3.63) is 71.5 Å². The Morgan fingerprint density at radius 2 is 1.71 bits per heavy atom. The van der Waals surface area contributed by atoms with E-state index in [2.05, 4.69) is 4.90 Å². The fourth-order valence-electron chi connectivity index (χ4n) is 3.32. The molecule has 3 rings (SSSR count). The fourth-order valence-corrected chi connectivity index (χ4v) is 3.32. The van der Waals surface area contributed by atoms with Crippen LogP contribution in [0.25, 0.3) is 0 Å². The zero-order valence-corrected chi connectivity index (χ0v) is 14.0. The van der Waals surface area contributed by atoms with E-state index in [4.69, 9.17) is 4.74 Å². The number of ether oxygens (including phenoxy) is 1. The van der Waals surface area contributed by atoms with Crippen LogP contribution in [0.4, 0.5) is 4.39 Å². The normalized spacial score (nSPS) is 19.6. The molecule has 2 aromatic rings. The maximum atomic E-state index is 13.3. The first-order chi connectivity index (χ1) is 11.6. The molecular weight excluding hydrogens is 305 g/mol. The summed E-state index contributed by atoms with van der Waals surface area (Å²) in [6.07, 6.45) is 0. The van der Waals surface area contributed by atoms with E-state index in [1.54, 1.807) is 12.1 Å². The lowest BCUT2D eigenvalue weighted by atomic mass is 9.78.